The van der Waals surface area contributed by atoms with Crippen LogP contribution in [0.3, 0.4) is 0 Å². The fraction of sp³-hybridized carbons (Fsp3) is 0.429. The third kappa shape index (κ3) is 6.19. The Bertz CT molecular complexity index is 781. The zero-order valence-electron chi connectivity index (χ0n) is 16.1. The van der Waals surface area contributed by atoms with Gasteiger partial charge in [-0.1, -0.05) is 23.7 Å². The van der Waals surface area contributed by atoms with E-state index in [-0.39, 0.29) is 5.91 Å². The summed E-state index contributed by atoms with van der Waals surface area (Å²) in [6, 6.07) is 11.5. The molecule has 1 aliphatic heterocycles. The number of carbonyl (C=O) groups is 1. The van der Waals surface area contributed by atoms with Gasteiger partial charge in [0.2, 0.25) is 0 Å². The van der Waals surface area contributed by atoms with Gasteiger partial charge in [0, 0.05) is 44.1 Å². The largest absolute Gasteiger partial charge is 0.492 e. The summed E-state index contributed by atoms with van der Waals surface area (Å²) >= 11 is 5.83. The van der Waals surface area contributed by atoms with Crippen LogP contribution in [0.25, 0.3) is 0 Å². The molecule has 0 spiro atoms. The molecule has 1 N–H and O–H groups in total. The first-order valence-corrected chi connectivity index (χ1v) is 9.89. The van der Waals surface area contributed by atoms with Gasteiger partial charge in [-0.3, -0.25) is 9.69 Å². The number of pyridine rings is 1. The van der Waals surface area contributed by atoms with E-state index >= 15 is 0 Å². The average molecular weight is 404 g/mol. The van der Waals surface area contributed by atoms with Gasteiger partial charge in [0.15, 0.2) is 0 Å². The average Bonchev–Trinajstić information content (AvgIpc) is 2.73. The number of hydrogen-bond acceptors (Lipinski definition) is 5. The molecule has 1 amide bonds. The third-order valence-corrected chi connectivity index (χ3v) is 5.07. The molecule has 1 aliphatic rings. The number of rotatable bonds is 8. The zero-order chi connectivity index (χ0) is 19.8. The van der Waals surface area contributed by atoms with Crippen LogP contribution >= 0.6 is 11.6 Å². The molecule has 1 aromatic carbocycles. The maximum atomic E-state index is 12.2. The molecule has 150 valence electrons. The molecule has 28 heavy (non-hydrogen) atoms. The van der Waals surface area contributed by atoms with Crippen LogP contribution in [0, 0.1) is 0 Å². The Morgan fingerprint density at radius 1 is 1.32 bits per heavy atom. The van der Waals surface area contributed by atoms with E-state index in [2.05, 4.69) is 22.2 Å². The smallest absolute Gasteiger partial charge is 0.251 e. The Balaban J connectivity index is 1.45. The fourth-order valence-electron chi connectivity index (χ4n) is 3.19. The van der Waals surface area contributed by atoms with Crippen molar-refractivity contribution in [2.24, 2.45) is 0 Å². The molecule has 0 saturated carbocycles. The SMILES string of the molecule is CN(CCOc1cccc(CNC(=O)c2ccnc(Cl)c2)c1)C1CCOCC1. The Labute approximate surface area is 170 Å². The van der Waals surface area contributed by atoms with E-state index in [1.54, 1.807) is 12.1 Å². The van der Waals surface area contributed by atoms with E-state index in [0.29, 0.717) is 29.9 Å². The molecule has 2 aromatic rings. The lowest BCUT2D eigenvalue weighted by Crippen LogP contribution is -2.38. The summed E-state index contributed by atoms with van der Waals surface area (Å²) in [6.45, 7) is 3.59. The molecule has 0 unspecified atom stereocenters. The van der Waals surface area contributed by atoms with Crippen molar-refractivity contribution >= 4 is 17.5 Å². The molecule has 1 fully saturated rings. The summed E-state index contributed by atoms with van der Waals surface area (Å²) in [4.78, 5) is 18.4. The summed E-state index contributed by atoms with van der Waals surface area (Å²) in [5.74, 6) is 0.618. The second-order valence-corrected chi connectivity index (χ2v) is 7.26. The minimum absolute atomic E-state index is 0.186. The van der Waals surface area contributed by atoms with Gasteiger partial charge in [-0.15, -0.1) is 0 Å². The number of carbonyl (C=O) groups excluding carboxylic acids is 1. The normalized spacial score (nSPS) is 14.8. The highest BCUT2D eigenvalue weighted by Gasteiger charge is 2.18. The van der Waals surface area contributed by atoms with Gasteiger partial charge in [0.1, 0.15) is 17.5 Å². The van der Waals surface area contributed by atoms with Crippen LogP contribution in [-0.2, 0) is 11.3 Å². The summed E-state index contributed by atoms with van der Waals surface area (Å²) in [5, 5.41) is 3.19. The molecule has 0 aliphatic carbocycles. The quantitative estimate of drug-likeness (QED) is 0.686. The molecule has 3 rings (SSSR count). The van der Waals surface area contributed by atoms with Crippen LogP contribution in [0.2, 0.25) is 5.15 Å². The number of amides is 1. The number of benzene rings is 1. The van der Waals surface area contributed by atoms with Gasteiger partial charge in [-0.05, 0) is 49.7 Å². The highest BCUT2D eigenvalue weighted by Crippen LogP contribution is 2.15. The van der Waals surface area contributed by atoms with E-state index in [1.165, 1.54) is 6.20 Å². The van der Waals surface area contributed by atoms with Crippen LogP contribution in [0.4, 0.5) is 0 Å². The number of nitrogens with one attached hydrogen (secondary N) is 1. The lowest BCUT2D eigenvalue weighted by Gasteiger charge is -2.31. The number of aromatic nitrogens is 1. The van der Waals surface area contributed by atoms with Gasteiger partial charge in [0.25, 0.3) is 5.91 Å². The second kappa shape index (κ2) is 10.4. The topological polar surface area (TPSA) is 63.7 Å². The van der Waals surface area contributed by atoms with Gasteiger partial charge < -0.3 is 14.8 Å². The predicted octanol–water partition coefficient (Wildman–Crippen LogP) is 3.15. The first kappa shape index (κ1) is 20.6. The summed E-state index contributed by atoms with van der Waals surface area (Å²) in [7, 11) is 2.14. The van der Waals surface area contributed by atoms with Crippen molar-refractivity contribution in [2.75, 3.05) is 33.4 Å². The number of halogens is 1. The molecule has 0 radical (unpaired) electrons. The third-order valence-electron chi connectivity index (χ3n) is 4.87. The molecule has 0 bridgehead atoms. The fourth-order valence-corrected chi connectivity index (χ4v) is 3.36. The van der Waals surface area contributed by atoms with Crippen LogP contribution in [0.5, 0.6) is 5.75 Å². The van der Waals surface area contributed by atoms with Crippen LogP contribution in [0.1, 0.15) is 28.8 Å². The maximum absolute atomic E-state index is 12.2. The minimum Gasteiger partial charge on any atom is -0.492 e. The van der Waals surface area contributed by atoms with E-state index in [1.807, 2.05) is 24.3 Å². The lowest BCUT2D eigenvalue weighted by atomic mass is 10.1. The highest BCUT2D eigenvalue weighted by atomic mass is 35.5. The second-order valence-electron chi connectivity index (χ2n) is 6.87. The van der Waals surface area contributed by atoms with Crippen molar-refractivity contribution < 1.29 is 14.3 Å². The van der Waals surface area contributed by atoms with Crippen molar-refractivity contribution in [1.82, 2.24) is 15.2 Å². The summed E-state index contributed by atoms with van der Waals surface area (Å²) < 4.78 is 11.3. The monoisotopic (exact) mass is 403 g/mol. The van der Waals surface area contributed by atoms with Crippen LogP contribution < -0.4 is 10.1 Å². The molecule has 1 aromatic heterocycles. The van der Waals surface area contributed by atoms with E-state index in [0.717, 1.165) is 43.9 Å². The Morgan fingerprint density at radius 3 is 2.93 bits per heavy atom. The predicted molar refractivity (Wildman–Crippen MR) is 109 cm³/mol. The molecule has 1 saturated heterocycles. The van der Waals surface area contributed by atoms with E-state index in [9.17, 15) is 4.79 Å². The van der Waals surface area contributed by atoms with Crippen LogP contribution in [0.15, 0.2) is 42.6 Å². The Hall–Kier alpha value is -2.15. The minimum atomic E-state index is -0.186. The summed E-state index contributed by atoms with van der Waals surface area (Å²) in [5.41, 5.74) is 1.47. The number of hydrogen-bond donors (Lipinski definition) is 1. The van der Waals surface area contributed by atoms with Gasteiger partial charge in [-0.25, -0.2) is 4.98 Å². The van der Waals surface area contributed by atoms with Crippen molar-refractivity contribution in [3.05, 3.63) is 58.9 Å². The maximum Gasteiger partial charge on any atom is 0.251 e. The first-order chi connectivity index (χ1) is 13.6. The van der Waals surface area contributed by atoms with Gasteiger partial charge in [-0.2, -0.15) is 0 Å². The standard InChI is InChI=1S/C21H26ClN3O3/c1-25(18-6-10-27-11-7-18)9-12-28-19-4-2-3-16(13-19)15-24-21(26)17-5-8-23-20(22)14-17/h2-5,8,13-14,18H,6-7,9-12,15H2,1H3,(H,24,26). The van der Waals surface area contributed by atoms with Crippen molar-refractivity contribution in [3.63, 3.8) is 0 Å². The van der Waals surface area contributed by atoms with Gasteiger partial charge >= 0.3 is 0 Å². The number of nitrogens with zero attached hydrogens (tertiary/aromatic N) is 2. The van der Waals surface area contributed by atoms with Crippen LogP contribution in [-0.4, -0.2) is 55.2 Å². The first-order valence-electron chi connectivity index (χ1n) is 9.51. The van der Waals surface area contributed by atoms with E-state index in [4.69, 9.17) is 21.1 Å². The molecule has 7 heteroatoms. The molecule has 2 heterocycles. The number of likely N-dealkylation sites (N-methyl/N-ethyl adjacent to an activating group) is 1. The van der Waals surface area contributed by atoms with Crippen molar-refractivity contribution in [1.29, 1.82) is 0 Å². The highest BCUT2D eigenvalue weighted by molar-refractivity contribution is 6.29. The zero-order valence-corrected chi connectivity index (χ0v) is 16.8. The Morgan fingerprint density at radius 2 is 2.14 bits per heavy atom. The Kier molecular flexibility index (Phi) is 7.65. The molecule has 6 nitrogen and oxygen atoms in total. The molecular formula is C21H26ClN3O3. The molecule has 0 atom stereocenters. The van der Waals surface area contributed by atoms with E-state index < -0.39 is 0 Å². The van der Waals surface area contributed by atoms with Crippen molar-refractivity contribution in [2.45, 2.75) is 25.4 Å². The van der Waals surface area contributed by atoms with Crippen molar-refractivity contribution in [3.8, 4) is 5.75 Å². The number of ether oxygens (including phenoxy) is 2. The molecular weight excluding hydrogens is 378 g/mol. The lowest BCUT2D eigenvalue weighted by molar-refractivity contribution is 0.0392. The van der Waals surface area contributed by atoms with Gasteiger partial charge in [0.05, 0.1) is 0 Å². The summed E-state index contributed by atoms with van der Waals surface area (Å²) in [6.07, 6.45) is 3.67.